The Morgan fingerprint density at radius 1 is 1.36 bits per heavy atom. The van der Waals surface area contributed by atoms with Crippen LogP contribution in [0.4, 0.5) is 0 Å². The van der Waals surface area contributed by atoms with Crippen LogP contribution in [0.25, 0.3) is 0 Å². The molecule has 0 bridgehead atoms. The topological polar surface area (TPSA) is 34.1 Å². The molecule has 3 heteroatoms. The van der Waals surface area contributed by atoms with Crippen LogP contribution in [0.3, 0.4) is 0 Å². The standard InChI is InChI=1S/C8H16O2S/c1-3-5-6-8-11(9,10)7-4-2/h4H,2-3,5-8H2,1H3/i8+1. The highest BCUT2D eigenvalue weighted by molar-refractivity contribution is 7.91. The number of rotatable bonds is 6. The average Bonchev–Trinajstić information content (AvgIpc) is 1.87. The molecule has 0 unspecified atom stereocenters. The van der Waals surface area contributed by atoms with Gasteiger partial charge in [0.25, 0.3) is 0 Å². The van der Waals surface area contributed by atoms with Crippen molar-refractivity contribution in [3.63, 3.8) is 0 Å². The van der Waals surface area contributed by atoms with Crippen molar-refractivity contribution in [3.05, 3.63) is 12.7 Å². The van der Waals surface area contributed by atoms with Crippen molar-refractivity contribution in [2.75, 3.05) is 11.5 Å². The lowest BCUT2D eigenvalue weighted by Crippen LogP contribution is -2.08. The Labute approximate surface area is 69.2 Å². The summed E-state index contributed by atoms with van der Waals surface area (Å²) in [6.07, 6.45) is 4.29. The lowest BCUT2D eigenvalue weighted by atomic mass is 10.3. The van der Waals surface area contributed by atoms with Crippen LogP contribution in [0.1, 0.15) is 26.2 Å². The molecule has 0 aliphatic carbocycles. The van der Waals surface area contributed by atoms with E-state index in [1.807, 2.05) is 0 Å². The first kappa shape index (κ1) is 10.7. The first-order valence-corrected chi connectivity index (χ1v) is 5.76. The van der Waals surface area contributed by atoms with Crippen molar-refractivity contribution in [1.29, 1.82) is 0 Å². The molecule has 0 aromatic carbocycles. The molecule has 0 aromatic rings. The maximum absolute atomic E-state index is 11.0. The molecular formula is C8H16O2S. The molecule has 0 aromatic heterocycles. The Morgan fingerprint density at radius 3 is 2.45 bits per heavy atom. The SMILES string of the molecule is C=CCS(=O)(=O)[13CH2]CCCC. The summed E-state index contributed by atoms with van der Waals surface area (Å²) in [6, 6.07) is 0. The summed E-state index contributed by atoms with van der Waals surface area (Å²) in [6.45, 7) is 5.45. The van der Waals surface area contributed by atoms with E-state index in [9.17, 15) is 8.42 Å². The average molecular weight is 177 g/mol. The molecule has 0 atom stereocenters. The highest BCUT2D eigenvalue weighted by Gasteiger charge is 2.06. The number of unbranched alkanes of at least 4 members (excludes halogenated alkanes) is 2. The number of hydrogen-bond acceptors (Lipinski definition) is 2. The van der Waals surface area contributed by atoms with Crippen LogP contribution in [0.2, 0.25) is 0 Å². The zero-order valence-corrected chi connectivity index (χ0v) is 7.86. The van der Waals surface area contributed by atoms with E-state index in [2.05, 4.69) is 13.5 Å². The van der Waals surface area contributed by atoms with E-state index >= 15 is 0 Å². The highest BCUT2D eigenvalue weighted by atomic mass is 32.2. The molecule has 0 saturated heterocycles. The minimum Gasteiger partial charge on any atom is -0.229 e. The molecule has 11 heavy (non-hydrogen) atoms. The minimum atomic E-state index is -2.82. The third-order valence-corrected chi connectivity index (χ3v) is 3.08. The van der Waals surface area contributed by atoms with E-state index in [1.165, 1.54) is 6.08 Å². The lowest BCUT2D eigenvalue weighted by Gasteiger charge is -1.98. The largest absolute Gasteiger partial charge is 0.229 e. The Hall–Kier alpha value is -0.310. The second-order valence-corrected chi connectivity index (χ2v) is 4.84. The smallest absolute Gasteiger partial charge is 0.153 e. The Kier molecular flexibility index (Phi) is 5.20. The predicted molar refractivity (Wildman–Crippen MR) is 48.4 cm³/mol. The molecule has 0 aliphatic rings. The van der Waals surface area contributed by atoms with Crippen LogP contribution in [0, 0.1) is 0 Å². The molecule has 0 radical (unpaired) electrons. The third kappa shape index (κ3) is 6.10. The van der Waals surface area contributed by atoms with Crippen molar-refractivity contribution in [3.8, 4) is 0 Å². The van der Waals surface area contributed by atoms with E-state index in [0.29, 0.717) is 5.75 Å². The Bertz CT molecular complexity index is 192. The normalized spacial score (nSPS) is 11.4. The Morgan fingerprint density at radius 2 is 2.00 bits per heavy atom. The van der Waals surface area contributed by atoms with E-state index < -0.39 is 9.84 Å². The summed E-state index contributed by atoms with van der Waals surface area (Å²) in [7, 11) is -2.82. The monoisotopic (exact) mass is 177 g/mol. The summed E-state index contributed by atoms with van der Waals surface area (Å²) in [5, 5.41) is 0. The van der Waals surface area contributed by atoms with Gasteiger partial charge >= 0.3 is 0 Å². The maximum atomic E-state index is 11.0. The number of sulfone groups is 1. The fourth-order valence-electron chi connectivity index (χ4n) is 0.835. The second kappa shape index (κ2) is 5.35. The summed E-state index contributed by atoms with van der Waals surface area (Å²) < 4.78 is 22.1. The molecule has 0 N–H and O–H groups in total. The molecule has 2 nitrogen and oxygen atoms in total. The van der Waals surface area contributed by atoms with Gasteiger partial charge in [-0.05, 0) is 6.42 Å². The van der Waals surface area contributed by atoms with Gasteiger partial charge in [0, 0.05) is 0 Å². The van der Waals surface area contributed by atoms with E-state index in [-0.39, 0.29) is 5.75 Å². The van der Waals surface area contributed by atoms with Gasteiger partial charge in [-0.15, -0.1) is 6.58 Å². The fraction of sp³-hybridized carbons (Fsp3) is 0.750. The van der Waals surface area contributed by atoms with Gasteiger partial charge in [0.05, 0.1) is 11.5 Å². The summed E-state index contributed by atoms with van der Waals surface area (Å²) in [4.78, 5) is 0. The minimum absolute atomic E-state index is 0.122. The van der Waals surface area contributed by atoms with Gasteiger partial charge in [0.1, 0.15) is 0 Å². The van der Waals surface area contributed by atoms with Crippen LogP contribution in [-0.2, 0) is 9.84 Å². The van der Waals surface area contributed by atoms with Gasteiger partial charge in [0.2, 0.25) is 0 Å². The quantitative estimate of drug-likeness (QED) is 0.352. The lowest BCUT2D eigenvalue weighted by molar-refractivity contribution is 0.594. The third-order valence-electron chi connectivity index (χ3n) is 1.43. The molecule has 0 amide bonds. The number of hydrogen-bond donors (Lipinski definition) is 0. The first-order chi connectivity index (χ1) is 5.12. The maximum Gasteiger partial charge on any atom is 0.153 e. The van der Waals surface area contributed by atoms with Gasteiger partial charge in [-0.25, -0.2) is 8.42 Å². The van der Waals surface area contributed by atoms with Gasteiger partial charge < -0.3 is 0 Å². The van der Waals surface area contributed by atoms with Crippen molar-refractivity contribution >= 4 is 9.84 Å². The van der Waals surface area contributed by atoms with Crippen LogP contribution < -0.4 is 0 Å². The molecule has 0 fully saturated rings. The van der Waals surface area contributed by atoms with E-state index in [0.717, 1.165) is 19.3 Å². The van der Waals surface area contributed by atoms with E-state index in [4.69, 9.17) is 0 Å². The van der Waals surface area contributed by atoms with Crippen molar-refractivity contribution in [1.82, 2.24) is 0 Å². The van der Waals surface area contributed by atoms with Gasteiger partial charge in [-0.3, -0.25) is 0 Å². The zero-order valence-electron chi connectivity index (χ0n) is 7.04. The highest BCUT2D eigenvalue weighted by Crippen LogP contribution is 1.99. The Balaban J connectivity index is 3.65. The van der Waals surface area contributed by atoms with E-state index in [1.54, 1.807) is 0 Å². The molecular weight excluding hydrogens is 161 g/mol. The van der Waals surface area contributed by atoms with Crippen molar-refractivity contribution < 1.29 is 8.42 Å². The summed E-state index contributed by atoms with van der Waals surface area (Å²) in [5.74, 6) is 0.434. The van der Waals surface area contributed by atoms with Gasteiger partial charge in [-0.1, -0.05) is 25.8 Å². The van der Waals surface area contributed by atoms with Crippen LogP contribution >= 0.6 is 0 Å². The van der Waals surface area contributed by atoms with Crippen molar-refractivity contribution in [2.45, 2.75) is 26.2 Å². The van der Waals surface area contributed by atoms with Gasteiger partial charge in [-0.2, -0.15) is 0 Å². The van der Waals surface area contributed by atoms with Gasteiger partial charge in [0.15, 0.2) is 9.84 Å². The zero-order chi connectivity index (χ0) is 8.74. The van der Waals surface area contributed by atoms with Crippen LogP contribution in [-0.4, -0.2) is 19.9 Å². The van der Waals surface area contributed by atoms with Crippen molar-refractivity contribution in [2.24, 2.45) is 0 Å². The van der Waals surface area contributed by atoms with Crippen LogP contribution in [0.15, 0.2) is 12.7 Å². The molecule has 0 aliphatic heterocycles. The molecule has 0 heterocycles. The van der Waals surface area contributed by atoms with Crippen LogP contribution in [0.5, 0.6) is 0 Å². The molecule has 66 valence electrons. The molecule has 0 spiro atoms. The first-order valence-electron chi connectivity index (χ1n) is 3.93. The summed E-state index contributed by atoms with van der Waals surface area (Å²) in [5.41, 5.74) is 0. The second-order valence-electron chi connectivity index (χ2n) is 2.61. The predicted octanol–water partition coefficient (Wildman–Crippen LogP) is 1.78. The summed E-state index contributed by atoms with van der Waals surface area (Å²) >= 11 is 0. The molecule has 0 rings (SSSR count). The fourth-order valence-corrected chi connectivity index (χ4v) is 2.00. The molecule has 0 saturated carbocycles.